The van der Waals surface area contributed by atoms with E-state index in [0.29, 0.717) is 17.7 Å². The van der Waals surface area contributed by atoms with E-state index in [4.69, 9.17) is 0 Å². The molecule has 0 aromatic carbocycles. The summed E-state index contributed by atoms with van der Waals surface area (Å²) in [5.74, 6) is 0.298. The molecule has 1 aromatic rings. The number of carbonyl (C=O) groups excluding carboxylic acids is 1. The molecule has 1 aliphatic carbocycles. The van der Waals surface area contributed by atoms with Crippen LogP contribution in [0.25, 0.3) is 0 Å². The lowest BCUT2D eigenvalue weighted by atomic mass is 9.77. The highest BCUT2D eigenvalue weighted by Crippen LogP contribution is 2.46. The number of Topliss-reactive ketones (excluding diaryl/α,β-unsaturated/α-hetero) is 1. The fraction of sp³-hybridized carbons (Fsp3) is 0.667. The fourth-order valence-corrected chi connectivity index (χ4v) is 4.19. The topological polar surface area (TPSA) is 20.3 Å². The molecule has 98 valence electrons. The van der Waals surface area contributed by atoms with E-state index in [0.717, 1.165) is 18.0 Å². The molecule has 3 rings (SSSR count). The standard InChI is InChI=1S/C15H21NOS/c17-13(14-4-3-11-18-14)12-16-9-7-15(8-10-16)5-1-2-6-15/h3-4,11H,1-2,5-10,12H2. The van der Waals surface area contributed by atoms with Crippen LogP contribution in [0, 0.1) is 5.41 Å². The van der Waals surface area contributed by atoms with Crippen molar-refractivity contribution in [3.63, 3.8) is 0 Å². The van der Waals surface area contributed by atoms with Crippen LogP contribution in [-0.2, 0) is 0 Å². The third-order valence-corrected chi connectivity index (χ3v) is 5.66. The lowest BCUT2D eigenvalue weighted by Gasteiger charge is -2.39. The lowest BCUT2D eigenvalue weighted by molar-refractivity contribution is 0.0800. The zero-order valence-electron chi connectivity index (χ0n) is 10.9. The highest BCUT2D eigenvalue weighted by atomic mass is 32.1. The number of carbonyl (C=O) groups is 1. The Morgan fingerprint density at radius 2 is 1.94 bits per heavy atom. The van der Waals surface area contributed by atoms with Crippen molar-refractivity contribution in [1.82, 2.24) is 4.90 Å². The summed E-state index contributed by atoms with van der Waals surface area (Å²) in [6, 6.07) is 3.90. The zero-order chi connectivity index (χ0) is 12.4. The maximum Gasteiger partial charge on any atom is 0.186 e. The molecule has 18 heavy (non-hydrogen) atoms. The smallest absolute Gasteiger partial charge is 0.186 e. The first kappa shape index (κ1) is 12.4. The average molecular weight is 263 g/mol. The highest BCUT2D eigenvalue weighted by molar-refractivity contribution is 7.12. The average Bonchev–Trinajstić information content (AvgIpc) is 3.04. The van der Waals surface area contributed by atoms with Crippen molar-refractivity contribution < 1.29 is 4.79 Å². The lowest BCUT2D eigenvalue weighted by Crippen LogP contribution is -2.41. The molecule has 0 N–H and O–H groups in total. The van der Waals surface area contributed by atoms with E-state index in [1.807, 2.05) is 17.5 Å². The van der Waals surface area contributed by atoms with Crippen LogP contribution in [-0.4, -0.2) is 30.3 Å². The summed E-state index contributed by atoms with van der Waals surface area (Å²) in [5.41, 5.74) is 0.655. The van der Waals surface area contributed by atoms with Gasteiger partial charge in [0.2, 0.25) is 0 Å². The van der Waals surface area contributed by atoms with Gasteiger partial charge in [0.15, 0.2) is 5.78 Å². The number of hydrogen-bond acceptors (Lipinski definition) is 3. The van der Waals surface area contributed by atoms with Gasteiger partial charge in [-0.2, -0.15) is 0 Å². The third-order valence-electron chi connectivity index (χ3n) is 4.74. The minimum Gasteiger partial charge on any atom is -0.296 e. The van der Waals surface area contributed by atoms with Crippen molar-refractivity contribution in [2.24, 2.45) is 5.41 Å². The van der Waals surface area contributed by atoms with E-state index in [9.17, 15) is 4.79 Å². The van der Waals surface area contributed by atoms with Gasteiger partial charge in [-0.3, -0.25) is 9.69 Å². The molecule has 1 saturated carbocycles. The van der Waals surface area contributed by atoms with E-state index in [2.05, 4.69) is 4.90 Å². The molecule has 1 aliphatic heterocycles. The van der Waals surface area contributed by atoms with E-state index in [1.165, 1.54) is 38.5 Å². The van der Waals surface area contributed by atoms with E-state index in [-0.39, 0.29) is 0 Å². The number of piperidine rings is 1. The minimum atomic E-state index is 0.298. The van der Waals surface area contributed by atoms with Crippen LogP contribution >= 0.6 is 11.3 Å². The third kappa shape index (κ3) is 2.52. The first-order valence-corrected chi connectivity index (χ1v) is 7.95. The predicted octanol–water partition coefficient (Wildman–Crippen LogP) is 3.59. The molecule has 1 saturated heterocycles. The van der Waals surface area contributed by atoms with Crippen LogP contribution in [0.3, 0.4) is 0 Å². The summed E-state index contributed by atoms with van der Waals surface area (Å²) in [6.07, 6.45) is 8.33. The second kappa shape index (κ2) is 5.14. The Hall–Kier alpha value is -0.670. The van der Waals surface area contributed by atoms with Crippen LogP contribution in [0.1, 0.15) is 48.2 Å². The summed E-state index contributed by atoms with van der Waals surface area (Å²) < 4.78 is 0. The van der Waals surface area contributed by atoms with Crippen molar-refractivity contribution >= 4 is 17.1 Å². The fourth-order valence-electron chi connectivity index (χ4n) is 3.53. The number of nitrogens with zero attached hydrogens (tertiary/aromatic N) is 1. The van der Waals surface area contributed by atoms with Crippen LogP contribution in [0.2, 0.25) is 0 Å². The summed E-state index contributed by atoms with van der Waals surface area (Å²) in [5, 5.41) is 1.98. The SMILES string of the molecule is O=C(CN1CCC2(CCCC2)CC1)c1cccs1. The van der Waals surface area contributed by atoms with E-state index >= 15 is 0 Å². The molecular weight excluding hydrogens is 242 g/mol. The summed E-state index contributed by atoms with van der Waals surface area (Å²) in [7, 11) is 0. The number of hydrogen-bond donors (Lipinski definition) is 0. The van der Waals surface area contributed by atoms with E-state index in [1.54, 1.807) is 11.3 Å². The van der Waals surface area contributed by atoms with Crippen molar-refractivity contribution in [1.29, 1.82) is 0 Å². The summed E-state index contributed by atoms with van der Waals surface area (Å²) >= 11 is 1.56. The number of ketones is 1. The van der Waals surface area contributed by atoms with Crippen molar-refractivity contribution in [3.8, 4) is 0 Å². The van der Waals surface area contributed by atoms with Crippen molar-refractivity contribution in [2.75, 3.05) is 19.6 Å². The molecule has 2 fully saturated rings. The van der Waals surface area contributed by atoms with Gasteiger partial charge in [-0.1, -0.05) is 18.9 Å². The monoisotopic (exact) mass is 263 g/mol. The van der Waals surface area contributed by atoms with Gasteiger partial charge in [0, 0.05) is 0 Å². The van der Waals surface area contributed by atoms with Crippen LogP contribution < -0.4 is 0 Å². The van der Waals surface area contributed by atoms with E-state index < -0.39 is 0 Å². The van der Waals surface area contributed by atoms with Crippen LogP contribution in [0.4, 0.5) is 0 Å². The van der Waals surface area contributed by atoms with Crippen LogP contribution in [0.15, 0.2) is 17.5 Å². The highest BCUT2D eigenvalue weighted by Gasteiger charge is 2.37. The van der Waals surface area contributed by atoms with Gasteiger partial charge in [-0.15, -0.1) is 11.3 Å². The first-order valence-electron chi connectivity index (χ1n) is 7.07. The number of likely N-dealkylation sites (tertiary alicyclic amines) is 1. The molecule has 0 amide bonds. The normalized spacial score (nSPS) is 23.6. The molecule has 0 radical (unpaired) electrons. The summed E-state index contributed by atoms with van der Waals surface area (Å²) in [4.78, 5) is 15.3. The molecule has 1 aromatic heterocycles. The molecule has 0 atom stereocenters. The molecule has 2 nitrogen and oxygen atoms in total. The predicted molar refractivity (Wildman–Crippen MR) is 75.2 cm³/mol. The van der Waals surface area contributed by atoms with Gasteiger partial charge in [-0.05, 0) is 55.6 Å². The van der Waals surface area contributed by atoms with Gasteiger partial charge >= 0.3 is 0 Å². The maximum atomic E-state index is 12.1. The zero-order valence-corrected chi connectivity index (χ0v) is 11.7. The first-order chi connectivity index (χ1) is 8.77. The Morgan fingerprint density at radius 1 is 1.22 bits per heavy atom. The number of rotatable bonds is 3. The molecule has 0 unspecified atom stereocenters. The summed E-state index contributed by atoms with van der Waals surface area (Å²) in [6.45, 7) is 2.87. The van der Waals surface area contributed by atoms with Crippen molar-refractivity contribution in [3.05, 3.63) is 22.4 Å². The Kier molecular flexibility index (Phi) is 3.53. The molecule has 2 heterocycles. The Bertz CT molecular complexity index is 396. The Labute approximate surface area is 113 Å². The van der Waals surface area contributed by atoms with Crippen molar-refractivity contribution in [2.45, 2.75) is 38.5 Å². The molecule has 1 spiro atoms. The number of thiophene rings is 1. The molecule has 3 heteroatoms. The molecular formula is C15H21NOS. The second-order valence-corrected chi connectivity index (χ2v) is 6.83. The van der Waals surface area contributed by atoms with Crippen LogP contribution in [0.5, 0.6) is 0 Å². The Balaban J connectivity index is 1.52. The minimum absolute atomic E-state index is 0.298. The van der Waals surface area contributed by atoms with Gasteiger partial charge in [0.05, 0.1) is 11.4 Å². The quantitative estimate of drug-likeness (QED) is 0.777. The molecule has 2 aliphatic rings. The van der Waals surface area contributed by atoms with Gasteiger partial charge in [0.25, 0.3) is 0 Å². The maximum absolute atomic E-state index is 12.1. The second-order valence-electron chi connectivity index (χ2n) is 5.88. The van der Waals surface area contributed by atoms with Gasteiger partial charge in [-0.25, -0.2) is 0 Å². The van der Waals surface area contributed by atoms with Gasteiger partial charge < -0.3 is 0 Å². The largest absolute Gasteiger partial charge is 0.296 e. The Morgan fingerprint density at radius 3 is 2.56 bits per heavy atom. The van der Waals surface area contributed by atoms with Gasteiger partial charge in [0.1, 0.15) is 0 Å². The molecule has 0 bridgehead atoms.